The molecule has 0 aliphatic heterocycles. The average molecular weight is 480 g/mol. The van der Waals surface area contributed by atoms with Gasteiger partial charge in [-0.05, 0) is 47.1 Å². The third-order valence-corrected chi connectivity index (χ3v) is 5.49. The predicted octanol–water partition coefficient (Wildman–Crippen LogP) is 7.12. The zero-order valence-electron chi connectivity index (χ0n) is 15.0. The van der Waals surface area contributed by atoms with E-state index in [1.54, 1.807) is 24.3 Å². The van der Waals surface area contributed by atoms with E-state index in [0.29, 0.717) is 31.6 Å². The summed E-state index contributed by atoms with van der Waals surface area (Å²) >= 11 is 15.9. The lowest BCUT2D eigenvalue weighted by Gasteiger charge is -2.17. The highest BCUT2D eigenvalue weighted by molar-refractivity contribution is 9.10. The highest BCUT2D eigenvalue weighted by atomic mass is 79.9. The first-order valence-electron chi connectivity index (χ1n) is 8.53. The Hall–Kier alpha value is -2.01. The number of carbonyl (C=O) groups excluding carboxylic acids is 1. The predicted molar refractivity (Wildman–Crippen MR) is 116 cm³/mol. The molecule has 6 heteroatoms. The average Bonchev–Trinajstić information content (AvgIpc) is 2.67. The largest absolute Gasteiger partial charge is 0.485 e. The number of ether oxygens (including phenoxy) is 2. The van der Waals surface area contributed by atoms with E-state index in [9.17, 15) is 4.79 Å². The van der Waals surface area contributed by atoms with Crippen molar-refractivity contribution in [3.8, 4) is 11.5 Å². The summed E-state index contributed by atoms with van der Waals surface area (Å²) in [4.78, 5) is 12.2. The van der Waals surface area contributed by atoms with Gasteiger partial charge in [-0.2, -0.15) is 0 Å². The van der Waals surface area contributed by atoms with Crippen LogP contribution in [-0.4, -0.2) is 5.78 Å². The van der Waals surface area contributed by atoms with E-state index >= 15 is 0 Å². The van der Waals surface area contributed by atoms with Gasteiger partial charge >= 0.3 is 0 Å². The number of halogens is 3. The molecule has 0 spiro atoms. The molecule has 0 aliphatic carbocycles. The van der Waals surface area contributed by atoms with Gasteiger partial charge in [0.15, 0.2) is 17.3 Å². The Bertz CT molecular complexity index is 1000. The molecule has 0 aromatic heterocycles. The quantitative estimate of drug-likeness (QED) is 0.338. The molecule has 28 heavy (non-hydrogen) atoms. The van der Waals surface area contributed by atoms with Gasteiger partial charge in [-0.25, -0.2) is 0 Å². The van der Waals surface area contributed by atoms with E-state index in [2.05, 4.69) is 15.9 Å². The Kier molecular flexibility index (Phi) is 7.00. The lowest BCUT2D eigenvalue weighted by molar-refractivity contribution is 0.101. The molecule has 0 saturated heterocycles. The van der Waals surface area contributed by atoms with Crippen LogP contribution in [0.5, 0.6) is 11.5 Å². The van der Waals surface area contributed by atoms with Gasteiger partial charge in [-0.3, -0.25) is 4.79 Å². The molecule has 0 unspecified atom stereocenters. The van der Waals surface area contributed by atoms with Crippen molar-refractivity contribution in [2.45, 2.75) is 20.1 Å². The van der Waals surface area contributed by atoms with E-state index < -0.39 is 0 Å². The molecule has 3 aromatic rings. The number of hydrogen-bond donors (Lipinski definition) is 0. The van der Waals surface area contributed by atoms with Crippen molar-refractivity contribution in [3.63, 3.8) is 0 Å². The molecule has 0 saturated carbocycles. The van der Waals surface area contributed by atoms with Crippen molar-refractivity contribution in [3.05, 3.63) is 91.9 Å². The van der Waals surface area contributed by atoms with Crippen LogP contribution in [0, 0.1) is 0 Å². The number of ketones is 1. The Balaban J connectivity index is 1.91. The summed E-state index contributed by atoms with van der Waals surface area (Å²) in [5, 5.41) is 1.21. The third kappa shape index (κ3) is 4.88. The molecular formula is C22H17BrCl2O3. The zero-order valence-corrected chi connectivity index (χ0v) is 18.1. The normalized spacial score (nSPS) is 10.6. The summed E-state index contributed by atoms with van der Waals surface area (Å²) in [5.41, 5.74) is 2.08. The van der Waals surface area contributed by atoms with Gasteiger partial charge in [0.1, 0.15) is 13.2 Å². The lowest BCUT2D eigenvalue weighted by atomic mass is 10.1. The Morgan fingerprint density at radius 3 is 1.93 bits per heavy atom. The Morgan fingerprint density at radius 2 is 1.39 bits per heavy atom. The van der Waals surface area contributed by atoms with E-state index in [1.807, 2.05) is 36.4 Å². The first-order valence-corrected chi connectivity index (χ1v) is 10.1. The lowest BCUT2D eigenvalue weighted by Crippen LogP contribution is -2.06. The molecule has 3 rings (SSSR count). The first kappa shape index (κ1) is 20.7. The third-order valence-electron chi connectivity index (χ3n) is 4.09. The van der Waals surface area contributed by atoms with Gasteiger partial charge in [-0.1, -0.05) is 59.6 Å². The molecule has 0 radical (unpaired) electrons. The molecular weight excluding hydrogens is 463 g/mol. The van der Waals surface area contributed by atoms with E-state index in [0.717, 1.165) is 11.1 Å². The minimum Gasteiger partial charge on any atom is -0.485 e. The molecule has 0 atom stereocenters. The van der Waals surface area contributed by atoms with Crippen LogP contribution >= 0.6 is 39.1 Å². The second-order valence-electron chi connectivity index (χ2n) is 6.07. The summed E-state index contributed by atoms with van der Waals surface area (Å²) in [6, 6.07) is 18.4. The van der Waals surface area contributed by atoms with Gasteiger partial charge in [0.25, 0.3) is 0 Å². The minimum atomic E-state index is -0.135. The van der Waals surface area contributed by atoms with Gasteiger partial charge < -0.3 is 9.47 Å². The second kappa shape index (κ2) is 9.46. The fourth-order valence-corrected chi connectivity index (χ4v) is 3.63. The van der Waals surface area contributed by atoms with Crippen molar-refractivity contribution in [1.82, 2.24) is 0 Å². The van der Waals surface area contributed by atoms with E-state index in [4.69, 9.17) is 32.7 Å². The number of benzene rings is 3. The molecule has 144 valence electrons. The monoisotopic (exact) mass is 478 g/mol. The van der Waals surface area contributed by atoms with Crippen molar-refractivity contribution in [2.24, 2.45) is 0 Å². The minimum absolute atomic E-state index is 0.135. The van der Waals surface area contributed by atoms with Crippen LogP contribution in [0.3, 0.4) is 0 Å². The fraction of sp³-hybridized carbons (Fsp3) is 0.136. The molecule has 0 bridgehead atoms. The van der Waals surface area contributed by atoms with Gasteiger partial charge in [0.05, 0.1) is 5.56 Å². The van der Waals surface area contributed by atoms with Crippen LogP contribution < -0.4 is 9.47 Å². The van der Waals surface area contributed by atoms with Crippen molar-refractivity contribution in [1.29, 1.82) is 0 Å². The molecule has 0 fully saturated rings. The summed E-state index contributed by atoms with van der Waals surface area (Å²) < 4.78 is 12.6. The SMILES string of the molecule is CC(=O)c1c(Br)ccc(OCc2ccccc2Cl)c1OCc1ccccc1Cl. The molecule has 3 aromatic carbocycles. The maximum absolute atomic E-state index is 12.2. The zero-order chi connectivity index (χ0) is 20.1. The Morgan fingerprint density at radius 1 is 0.857 bits per heavy atom. The maximum atomic E-state index is 12.2. The number of carbonyl (C=O) groups is 1. The Labute approximate surface area is 182 Å². The van der Waals surface area contributed by atoms with Crippen LogP contribution in [-0.2, 0) is 13.2 Å². The topological polar surface area (TPSA) is 35.5 Å². The van der Waals surface area contributed by atoms with E-state index in [-0.39, 0.29) is 19.0 Å². The van der Waals surface area contributed by atoms with Gasteiger partial charge in [-0.15, -0.1) is 0 Å². The second-order valence-corrected chi connectivity index (χ2v) is 7.73. The van der Waals surface area contributed by atoms with Crippen LogP contribution in [0.4, 0.5) is 0 Å². The standard InChI is InChI=1S/C22H17BrCl2O3/c1-14(26)21-17(23)10-11-20(27-12-15-6-2-4-8-18(15)24)22(21)28-13-16-7-3-5-9-19(16)25/h2-11H,12-13H2,1H3. The first-order chi connectivity index (χ1) is 13.5. The molecule has 0 aliphatic rings. The van der Waals surface area contributed by atoms with Gasteiger partial charge in [0, 0.05) is 25.6 Å². The van der Waals surface area contributed by atoms with Crippen molar-refractivity contribution in [2.75, 3.05) is 0 Å². The van der Waals surface area contributed by atoms with Crippen molar-refractivity contribution < 1.29 is 14.3 Å². The molecule has 0 N–H and O–H groups in total. The fourth-order valence-electron chi connectivity index (χ4n) is 2.66. The van der Waals surface area contributed by atoms with Crippen LogP contribution in [0.2, 0.25) is 10.0 Å². The highest BCUT2D eigenvalue weighted by Gasteiger charge is 2.19. The maximum Gasteiger partial charge on any atom is 0.173 e. The van der Waals surface area contributed by atoms with E-state index in [1.165, 1.54) is 6.92 Å². The van der Waals surface area contributed by atoms with Crippen LogP contribution in [0.1, 0.15) is 28.4 Å². The summed E-state index contributed by atoms with van der Waals surface area (Å²) in [6.45, 7) is 1.94. The summed E-state index contributed by atoms with van der Waals surface area (Å²) in [5.74, 6) is 0.693. The number of hydrogen-bond acceptors (Lipinski definition) is 3. The van der Waals surface area contributed by atoms with Crippen molar-refractivity contribution >= 4 is 44.9 Å². The molecule has 0 heterocycles. The molecule has 3 nitrogen and oxygen atoms in total. The van der Waals surface area contributed by atoms with Gasteiger partial charge in [0.2, 0.25) is 0 Å². The molecule has 0 amide bonds. The summed E-state index contributed by atoms with van der Waals surface area (Å²) in [7, 11) is 0. The number of rotatable bonds is 7. The number of Topliss-reactive ketones (excluding diaryl/α,β-unsaturated/α-hetero) is 1. The smallest absolute Gasteiger partial charge is 0.173 e. The summed E-state index contributed by atoms with van der Waals surface area (Å²) in [6.07, 6.45) is 0. The van der Waals surface area contributed by atoms with Crippen LogP contribution in [0.15, 0.2) is 65.1 Å². The van der Waals surface area contributed by atoms with Crippen LogP contribution in [0.25, 0.3) is 0 Å². The highest BCUT2D eigenvalue weighted by Crippen LogP contribution is 2.38.